The lowest BCUT2D eigenvalue weighted by molar-refractivity contribution is 0.390. The maximum absolute atomic E-state index is 6.25. The first-order valence-electron chi connectivity index (χ1n) is 11.6. The molecule has 3 aromatic rings. The van der Waals surface area contributed by atoms with Crippen LogP contribution in [0.3, 0.4) is 0 Å². The summed E-state index contributed by atoms with van der Waals surface area (Å²) in [5, 5.41) is 0. The second kappa shape index (κ2) is 10.6. The molecule has 0 saturated carbocycles. The Morgan fingerprint density at radius 3 is 2.00 bits per heavy atom. The number of benzene rings is 3. The van der Waals surface area contributed by atoms with E-state index in [1.165, 1.54) is 22.3 Å². The second-order valence-corrected chi connectivity index (χ2v) is 10.00. The maximum Gasteiger partial charge on any atom is 0.0825 e. The molecule has 1 aliphatic heterocycles. The van der Waals surface area contributed by atoms with Gasteiger partial charge in [0.1, 0.15) is 0 Å². The van der Waals surface area contributed by atoms with Gasteiger partial charge in [-0.3, -0.25) is 0 Å². The lowest BCUT2D eigenvalue weighted by Gasteiger charge is -2.33. The summed E-state index contributed by atoms with van der Waals surface area (Å²) in [6, 6.07) is 30.3. The lowest BCUT2D eigenvalue weighted by Crippen LogP contribution is -2.33. The Bertz CT molecular complexity index is 1060. The zero-order valence-corrected chi connectivity index (χ0v) is 21.3. The minimum absolute atomic E-state index is 0.128. The van der Waals surface area contributed by atoms with Gasteiger partial charge in [0, 0.05) is 33.0 Å². The average molecular weight is 473 g/mol. The maximum atomic E-state index is 6.25. The number of hydrogen-bond donors (Lipinski definition) is 0. The van der Waals surface area contributed by atoms with Crippen LogP contribution in [0.5, 0.6) is 0 Å². The Balaban J connectivity index is 1.70. The molecular formula is C29H32N2S2. The van der Waals surface area contributed by atoms with E-state index in [1.54, 1.807) is 0 Å². The van der Waals surface area contributed by atoms with Gasteiger partial charge >= 0.3 is 0 Å². The molecule has 1 aliphatic rings. The highest BCUT2D eigenvalue weighted by Gasteiger charge is 2.39. The minimum atomic E-state index is 0.128. The number of likely N-dealkylation sites (tertiary alicyclic amines) is 1. The molecule has 0 radical (unpaired) electrons. The SMILES string of the molecule is Cc1ccccc1[C@@H](CC(=S)N(C)C)[C@@H]1CCN(C(c2ccccc2)c2ccccc2)C1=S. The number of hydrogen-bond acceptors (Lipinski definition) is 2. The molecule has 0 aromatic heterocycles. The third kappa shape index (κ3) is 5.18. The van der Waals surface area contributed by atoms with Gasteiger partial charge in [0.15, 0.2) is 0 Å². The van der Waals surface area contributed by atoms with Crippen LogP contribution >= 0.6 is 24.4 Å². The van der Waals surface area contributed by atoms with Gasteiger partial charge in [0.05, 0.1) is 16.0 Å². The van der Waals surface area contributed by atoms with Crippen molar-refractivity contribution in [2.75, 3.05) is 20.6 Å². The zero-order chi connectivity index (χ0) is 23.4. The molecule has 2 atom stereocenters. The van der Waals surface area contributed by atoms with Crippen molar-refractivity contribution in [3.05, 3.63) is 107 Å². The molecule has 1 heterocycles. The fourth-order valence-electron chi connectivity index (χ4n) is 5.02. The molecule has 1 fully saturated rings. The molecule has 170 valence electrons. The summed E-state index contributed by atoms with van der Waals surface area (Å²) in [7, 11) is 4.08. The molecule has 2 nitrogen and oxygen atoms in total. The molecule has 33 heavy (non-hydrogen) atoms. The second-order valence-electron chi connectivity index (χ2n) is 9.11. The van der Waals surface area contributed by atoms with Crippen molar-refractivity contribution in [2.45, 2.75) is 31.7 Å². The molecule has 4 heteroatoms. The molecule has 4 rings (SSSR count). The van der Waals surface area contributed by atoms with Gasteiger partial charge in [0.2, 0.25) is 0 Å². The summed E-state index contributed by atoms with van der Waals surface area (Å²) < 4.78 is 0. The fraction of sp³-hybridized carbons (Fsp3) is 0.310. The van der Waals surface area contributed by atoms with E-state index in [0.29, 0.717) is 0 Å². The quantitative estimate of drug-likeness (QED) is 0.349. The molecule has 3 aromatic carbocycles. The Labute approximate surface area is 209 Å². The van der Waals surface area contributed by atoms with E-state index in [2.05, 4.69) is 102 Å². The fourth-order valence-corrected chi connectivity index (χ4v) is 5.68. The summed E-state index contributed by atoms with van der Waals surface area (Å²) >= 11 is 12.0. The third-order valence-electron chi connectivity index (χ3n) is 6.79. The van der Waals surface area contributed by atoms with Crippen molar-refractivity contribution in [3.63, 3.8) is 0 Å². The van der Waals surface area contributed by atoms with E-state index in [4.69, 9.17) is 24.4 Å². The van der Waals surface area contributed by atoms with Crippen LogP contribution in [0.15, 0.2) is 84.9 Å². The van der Waals surface area contributed by atoms with Crippen LogP contribution < -0.4 is 0 Å². The topological polar surface area (TPSA) is 6.48 Å². The highest BCUT2D eigenvalue weighted by atomic mass is 32.1. The molecule has 0 N–H and O–H groups in total. The molecule has 0 spiro atoms. The number of aryl methyl sites for hydroxylation is 1. The van der Waals surface area contributed by atoms with Crippen molar-refractivity contribution >= 4 is 34.4 Å². The number of rotatable bonds is 7. The Morgan fingerprint density at radius 2 is 1.45 bits per heavy atom. The van der Waals surface area contributed by atoms with Gasteiger partial charge in [-0.1, -0.05) is 109 Å². The molecule has 0 aliphatic carbocycles. The van der Waals surface area contributed by atoms with E-state index in [0.717, 1.165) is 29.4 Å². The van der Waals surface area contributed by atoms with Crippen molar-refractivity contribution in [2.24, 2.45) is 5.92 Å². The van der Waals surface area contributed by atoms with Crippen LogP contribution in [0.25, 0.3) is 0 Å². The van der Waals surface area contributed by atoms with E-state index < -0.39 is 0 Å². The van der Waals surface area contributed by atoms with Gasteiger partial charge in [-0.2, -0.15) is 0 Å². The van der Waals surface area contributed by atoms with E-state index >= 15 is 0 Å². The van der Waals surface area contributed by atoms with Crippen LogP contribution in [0, 0.1) is 12.8 Å². The predicted octanol–water partition coefficient (Wildman–Crippen LogP) is 6.80. The van der Waals surface area contributed by atoms with Gasteiger partial charge in [0.25, 0.3) is 0 Å². The van der Waals surface area contributed by atoms with Gasteiger partial charge in [-0.05, 0) is 41.5 Å². The minimum Gasteiger partial charge on any atom is -0.372 e. The van der Waals surface area contributed by atoms with Crippen molar-refractivity contribution in [3.8, 4) is 0 Å². The van der Waals surface area contributed by atoms with Crippen molar-refractivity contribution < 1.29 is 0 Å². The molecule has 0 unspecified atom stereocenters. The van der Waals surface area contributed by atoms with E-state index in [1.807, 2.05) is 14.1 Å². The van der Waals surface area contributed by atoms with Crippen molar-refractivity contribution in [1.82, 2.24) is 9.80 Å². The number of nitrogens with zero attached hydrogens (tertiary/aromatic N) is 2. The van der Waals surface area contributed by atoms with E-state index in [9.17, 15) is 0 Å². The van der Waals surface area contributed by atoms with Crippen molar-refractivity contribution in [1.29, 1.82) is 0 Å². The molecule has 0 bridgehead atoms. The third-order valence-corrected chi connectivity index (χ3v) is 7.86. The normalized spacial score (nSPS) is 16.8. The Hall–Kier alpha value is -2.56. The molecular weight excluding hydrogens is 440 g/mol. The predicted molar refractivity (Wildman–Crippen MR) is 147 cm³/mol. The van der Waals surface area contributed by atoms with Gasteiger partial charge in [-0.25, -0.2) is 0 Å². The standard InChI is InChI=1S/C29H32N2S2/c1-21-12-10-11-17-24(21)26(20-27(32)30(2)3)25-18-19-31(29(25)33)28(22-13-6-4-7-14-22)23-15-8-5-9-16-23/h4-17,25-26,28H,18-20H2,1-3H3/t25-,26+/m0/s1. The summed E-state index contributed by atoms with van der Waals surface area (Å²) in [6.07, 6.45) is 1.89. The summed E-state index contributed by atoms with van der Waals surface area (Å²) in [5.41, 5.74) is 5.24. The van der Waals surface area contributed by atoms with Crippen LogP contribution in [0.2, 0.25) is 0 Å². The summed E-state index contributed by atoms with van der Waals surface area (Å²) in [4.78, 5) is 6.55. The first-order valence-corrected chi connectivity index (χ1v) is 12.4. The summed E-state index contributed by atoms with van der Waals surface area (Å²) in [6.45, 7) is 3.16. The lowest BCUT2D eigenvalue weighted by atomic mass is 9.81. The largest absolute Gasteiger partial charge is 0.372 e. The first kappa shape index (κ1) is 23.6. The first-order chi connectivity index (χ1) is 16.0. The van der Waals surface area contributed by atoms with E-state index in [-0.39, 0.29) is 17.9 Å². The Morgan fingerprint density at radius 1 is 0.909 bits per heavy atom. The monoisotopic (exact) mass is 472 g/mol. The average Bonchev–Trinajstić information content (AvgIpc) is 3.20. The van der Waals surface area contributed by atoms with Crippen LogP contribution in [0.1, 0.15) is 47.1 Å². The zero-order valence-electron chi connectivity index (χ0n) is 19.6. The molecule has 1 saturated heterocycles. The van der Waals surface area contributed by atoms with Gasteiger partial charge < -0.3 is 9.80 Å². The van der Waals surface area contributed by atoms with Gasteiger partial charge in [-0.15, -0.1) is 0 Å². The van der Waals surface area contributed by atoms with Crippen LogP contribution in [-0.2, 0) is 0 Å². The summed E-state index contributed by atoms with van der Waals surface area (Å²) in [5.74, 6) is 0.569. The highest BCUT2D eigenvalue weighted by Crippen LogP contribution is 2.42. The Kier molecular flexibility index (Phi) is 7.56. The smallest absolute Gasteiger partial charge is 0.0825 e. The van der Waals surface area contributed by atoms with Crippen LogP contribution in [0.4, 0.5) is 0 Å². The number of thiocarbonyl (C=S) groups is 2. The molecule has 0 amide bonds. The van der Waals surface area contributed by atoms with Crippen LogP contribution in [-0.4, -0.2) is 40.4 Å². The highest BCUT2D eigenvalue weighted by molar-refractivity contribution is 7.80.